The maximum Gasteiger partial charge on any atom is 0.323 e. The third kappa shape index (κ3) is 4.56. The molecule has 0 spiro atoms. The molecular formula is C16H25N7O2. The fourth-order valence-corrected chi connectivity index (χ4v) is 3.07. The molecule has 1 saturated heterocycles. The number of ether oxygens (including phenoxy) is 1. The van der Waals surface area contributed by atoms with Crippen LogP contribution in [0, 0.1) is 5.92 Å². The average molecular weight is 347 g/mol. The lowest BCUT2D eigenvalue weighted by Crippen LogP contribution is -2.41. The van der Waals surface area contributed by atoms with Gasteiger partial charge in [-0.05, 0) is 25.7 Å². The Morgan fingerprint density at radius 2 is 2.20 bits per heavy atom. The number of methoxy groups -OCH3 is 1. The molecule has 1 aliphatic heterocycles. The number of urea groups is 1. The Labute approximate surface area is 146 Å². The Bertz CT molecular complexity index is 662. The van der Waals surface area contributed by atoms with E-state index in [4.69, 9.17) is 4.74 Å². The zero-order chi connectivity index (χ0) is 17.6. The minimum absolute atomic E-state index is 0.0937. The molecule has 1 aliphatic rings. The second-order valence-corrected chi connectivity index (χ2v) is 6.47. The van der Waals surface area contributed by atoms with Crippen molar-refractivity contribution in [3.05, 3.63) is 24.7 Å². The molecule has 0 aromatic carbocycles. The average Bonchev–Trinajstić information content (AvgIpc) is 3.28. The van der Waals surface area contributed by atoms with Gasteiger partial charge in [0.1, 0.15) is 0 Å². The lowest BCUT2D eigenvalue weighted by atomic mass is 9.97. The monoisotopic (exact) mass is 347 g/mol. The van der Waals surface area contributed by atoms with Gasteiger partial charge in [-0.25, -0.2) is 4.79 Å². The topological polar surface area (TPSA) is 90.1 Å². The molecule has 2 aromatic heterocycles. The van der Waals surface area contributed by atoms with Crippen LogP contribution >= 0.6 is 0 Å². The van der Waals surface area contributed by atoms with Crippen LogP contribution in [0.2, 0.25) is 0 Å². The predicted molar refractivity (Wildman–Crippen MR) is 92.2 cm³/mol. The van der Waals surface area contributed by atoms with Gasteiger partial charge in [0.25, 0.3) is 0 Å². The summed E-state index contributed by atoms with van der Waals surface area (Å²) >= 11 is 0. The first-order chi connectivity index (χ1) is 12.2. The highest BCUT2D eigenvalue weighted by atomic mass is 16.5. The van der Waals surface area contributed by atoms with E-state index in [1.807, 2.05) is 35.0 Å². The highest BCUT2D eigenvalue weighted by Gasteiger charge is 2.23. The summed E-state index contributed by atoms with van der Waals surface area (Å²) in [4.78, 5) is 14.3. The molecule has 9 heteroatoms. The number of likely N-dealkylation sites (tertiary alicyclic amines) is 1. The van der Waals surface area contributed by atoms with E-state index in [0.29, 0.717) is 18.3 Å². The first-order valence-electron chi connectivity index (χ1n) is 8.60. The maximum atomic E-state index is 12.4. The minimum Gasteiger partial charge on any atom is -0.382 e. The molecule has 0 aliphatic carbocycles. The quantitative estimate of drug-likeness (QED) is 0.858. The van der Waals surface area contributed by atoms with Crippen molar-refractivity contribution in [1.29, 1.82) is 0 Å². The van der Waals surface area contributed by atoms with E-state index in [-0.39, 0.29) is 12.1 Å². The van der Waals surface area contributed by atoms with Crippen molar-refractivity contribution >= 4 is 11.8 Å². The minimum atomic E-state index is -0.0937. The molecule has 0 saturated carbocycles. The van der Waals surface area contributed by atoms with Crippen molar-refractivity contribution in [2.45, 2.75) is 32.4 Å². The molecule has 0 bridgehead atoms. The molecule has 1 atom stereocenters. The highest BCUT2D eigenvalue weighted by molar-refractivity contribution is 5.88. The molecule has 3 rings (SSSR count). The number of piperidine rings is 1. The first kappa shape index (κ1) is 17.4. The van der Waals surface area contributed by atoms with Crippen molar-refractivity contribution < 1.29 is 9.53 Å². The van der Waals surface area contributed by atoms with Gasteiger partial charge in [0.05, 0.1) is 18.8 Å². The number of nitrogens with one attached hydrogen (secondary N) is 1. The number of nitrogens with zero attached hydrogens (tertiary/aromatic N) is 6. The summed E-state index contributed by atoms with van der Waals surface area (Å²) in [5.41, 5.74) is 0. The summed E-state index contributed by atoms with van der Waals surface area (Å²) in [5, 5.41) is 15.1. The molecule has 0 radical (unpaired) electrons. The van der Waals surface area contributed by atoms with Crippen molar-refractivity contribution in [2.75, 3.05) is 32.1 Å². The van der Waals surface area contributed by atoms with Crippen LogP contribution in [-0.4, -0.2) is 62.5 Å². The molecule has 1 fully saturated rings. The van der Waals surface area contributed by atoms with E-state index in [1.54, 1.807) is 18.0 Å². The summed E-state index contributed by atoms with van der Waals surface area (Å²) in [5.74, 6) is 1.09. The molecule has 9 nitrogen and oxygen atoms in total. The number of carbonyl (C=O) groups excluding carboxylic acids is 1. The van der Waals surface area contributed by atoms with Crippen LogP contribution in [0.15, 0.2) is 24.7 Å². The van der Waals surface area contributed by atoms with Crippen LogP contribution in [0.25, 0.3) is 0 Å². The van der Waals surface area contributed by atoms with Gasteiger partial charge in [0.2, 0.25) is 0 Å². The Hall–Kier alpha value is -2.42. The van der Waals surface area contributed by atoms with Gasteiger partial charge in [-0.2, -0.15) is 5.10 Å². The van der Waals surface area contributed by atoms with Crippen LogP contribution in [0.5, 0.6) is 0 Å². The van der Waals surface area contributed by atoms with E-state index >= 15 is 0 Å². The van der Waals surface area contributed by atoms with Gasteiger partial charge < -0.3 is 9.64 Å². The van der Waals surface area contributed by atoms with Gasteiger partial charge in [-0.1, -0.05) is 5.21 Å². The second kappa shape index (κ2) is 8.11. The van der Waals surface area contributed by atoms with Gasteiger partial charge in [0.15, 0.2) is 5.82 Å². The van der Waals surface area contributed by atoms with E-state index in [1.165, 1.54) is 0 Å². The third-order valence-electron chi connectivity index (χ3n) is 4.52. The molecular weight excluding hydrogens is 322 g/mol. The van der Waals surface area contributed by atoms with Gasteiger partial charge in [0, 0.05) is 45.2 Å². The zero-order valence-electron chi connectivity index (χ0n) is 14.7. The van der Waals surface area contributed by atoms with E-state index < -0.39 is 0 Å². The first-order valence-corrected chi connectivity index (χ1v) is 8.60. The van der Waals surface area contributed by atoms with Crippen LogP contribution in [-0.2, 0) is 11.3 Å². The molecule has 25 heavy (non-hydrogen) atoms. The predicted octanol–water partition coefficient (Wildman–Crippen LogP) is 1.63. The Kier molecular flexibility index (Phi) is 5.64. The highest BCUT2D eigenvalue weighted by Crippen LogP contribution is 2.19. The summed E-state index contributed by atoms with van der Waals surface area (Å²) in [6, 6.07) is 1.84. The molecule has 0 unspecified atom stereocenters. The molecule has 1 N–H and O–H groups in total. The van der Waals surface area contributed by atoms with Crippen molar-refractivity contribution in [2.24, 2.45) is 5.92 Å². The molecule has 2 aromatic rings. The molecule has 2 amide bonds. The Balaban J connectivity index is 1.46. The van der Waals surface area contributed by atoms with E-state index in [0.717, 1.165) is 32.5 Å². The Morgan fingerprint density at radius 3 is 2.88 bits per heavy atom. The number of hydrogen-bond acceptors (Lipinski definition) is 5. The van der Waals surface area contributed by atoms with Crippen LogP contribution in [0.1, 0.15) is 25.8 Å². The second-order valence-electron chi connectivity index (χ2n) is 6.47. The fraction of sp³-hybridized carbons (Fsp3) is 0.625. The lowest BCUT2D eigenvalue weighted by molar-refractivity contribution is 0.157. The van der Waals surface area contributed by atoms with E-state index in [9.17, 15) is 4.79 Å². The maximum absolute atomic E-state index is 12.4. The number of anilines is 1. The number of hydrogen-bond donors (Lipinski definition) is 1. The zero-order valence-corrected chi connectivity index (χ0v) is 14.7. The lowest BCUT2D eigenvalue weighted by Gasteiger charge is -2.31. The number of rotatable bonds is 6. The number of carbonyl (C=O) groups is 1. The molecule has 136 valence electrons. The normalized spacial score (nSPS) is 16.8. The summed E-state index contributed by atoms with van der Waals surface area (Å²) in [7, 11) is 1.66. The summed E-state index contributed by atoms with van der Waals surface area (Å²) < 4.78 is 8.77. The summed E-state index contributed by atoms with van der Waals surface area (Å²) in [6.07, 6.45) is 7.35. The van der Waals surface area contributed by atoms with E-state index in [2.05, 4.69) is 20.7 Å². The van der Waals surface area contributed by atoms with Crippen molar-refractivity contribution in [1.82, 2.24) is 29.7 Å². The number of amides is 2. The third-order valence-corrected chi connectivity index (χ3v) is 4.52. The SMILES string of the molecule is COC[C@H](C)n1ccc(NC(=O)N2CCC(Cn3ccnn3)CC2)n1. The fourth-order valence-electron chi connectivity index (χ4n) is 3.07. The van der Waals surface area contributed by atoms with Crippen LogP contribution < -0.4 is 5.32 Å². The Morgan fingerprint density at radius 1 is 1.40 bits per heavy atom. The molecule has 3 heterocycles. The van der Waals surface area contributed by atoms with Crippen LogP contribution in [0.4, 0.5) is 10.6 Å². The largest absolute Gasteiger partial charge is 0.382 e. The van der Waals surface area contributed by atoms with Crippen molar-refractivity contribution in [3.8, 4) is 0 Å². The van der Waals surface area contributed by atoms with Gasteiger partial charge >= 0.3 is 6.03 Å². The number of aromatic nitrogens is 5. The van der Waals surface area contributed by atoms with Crippen LogP contribution in [0.3, 0.4) is 0 Å². The van der Waals surface area contributed by atoms with Gasteiger partial charge in [-0.3, -0.25) is 14.7 Å². The summed E-state index contributed by atoms with van der Waals surface area (Å²) in [6.45, 7) is 4.94. The van der Waals surface area contributed by atoms with Crippen molar-refractivity contribution in [3.63, 3.8) is 0 Å². The van der Waals surface area contributed by atoms with Gasteiger partial charge in [-0.15, -0.1) is 5.10 Å². The standard InChI is InChI=1S/C16H25N7O2/c1-13(12-25-2)23-9-5-15(19-23)18-16(24)21-7-3-14(4-8-21)11-22-10-6-17-20-22/h5-6,9-10,13-14H,3-4,7-8,11-12H2,1-2H3,(H,18,19,24)/t13-/m0/s1. The smallest absolute Gasteiger partial charge is 0.323 e.